The molecule has 1 amide bonds. The third kappa shape index (κ3) is 39.2. The number of rotatable bonds is 38. The van der Waals surface area contributed by atoms with Crippen molar-refractivity contribution in [3.8, 4) is 0 Å². The average Bonchev–Trinajstić information content (AvgIpc) is 3.11. The van der Waals surface area contributed by atoms with Crippen LogP contribution >= 0.6 is 0 Å². The molecule has 0 aromatic rings. The van der Waals surface area contributed by atoms with Crippen LogP contribution in [0.4, 0.5) is 4.79 Å². The number of likely N-dealkylation sites (N-methyl/N-ethyl adjacent to an activating group) is 1. The van der Waals surface area contributed by atoms with Crippen molar-refractivity contribution in [3.63, 3.8) is 0 Å². The van der Waals surface area contributed by atoms with Crippen LogP contribution in [-0.4, -0.2) is 81.3 Å². The molecule has 5 nitrogen and oxygen atoms in total. The van der Waals surface area contributed by atoms with Gasteiger partial charge in [0.1, 0.15) is 6.61 Å². The van der Waals surface area contributed by atoms with E-state index in [2.05, 4.69) is 93.4 Å². The zero-order valence-electron chi connectivity index (χ0n) is 34.9. The Morgan fingerprint density at radius 1 is 0.431 bits per heavy atom. The fourth-order valence-corrected chi connectivity index (χ4v) is 6.20. The summed E-state index contributed by atoms with van der Waals surface area (Å²) in [6.45, 7) is 9.56. The molecule has 0 saturated carbocycles. The lowest BCUT2D eigenvalue weighted by Gasteiger charge is -2.23. The largest absolute Gasteiger partial charge is 0.448 e. The molecule has 5 heteroatoms. The van der Waals surface area contributed by atoms with E-state index in [0.29, 0.717) is 6.61 Å². The predicted molar refractivity (Wildman–Crippen MR) is 227 cm³/mol. The summed E-state index contributed by atoms with van der Waals surface area (Å²) in [7, 11) is 6.35. The highest BCUT2D eigenvalue weighted by Crippen LogP contribution is 2.13. The maximum atomic E-state index is 13.1. The maximum Gasteiger partial charge on any atom is 0.409 e. The molecule has 0 aliphatic carbocycles. The number of amides is 1. The van der Waals surface area contributed by atoms with Gasteiger partial charge in [-0.25, -0.2) is 4.79 Å². The SMILES string of the molecule is CCCCC/C=C\C/C=C\CCCCCCCCCN(CCCCCCCC/C=C\C/C=C\CCCCC)C(=O)OCCN(C)CCCN(C)C. The van der Waals surface area contributed by atoms with Crippen molar-refractivity contribution in [3.05, 3.63) is 48.6 Å². The summed E-state index contributed by atoms with van der Waals surface area (Å²) >= 11 is 0. The third-order valence-electron chi connectivity index (χ3n) is 9.61. The van der Waals surface area contributed by atoms with Crippen molar-refractivity contribution in [2.75, 3.05) is 60.5 Å². The van der Waals surface area contributed by atoms with Crippen molar-refractivity contribution in [1.29, 1.82) is 0 Å². The Hall–Kier alpha value is -1.85. The molecule has 0 aliphatic rings. The van der Waals surface area contributed by atoms with E-state index in [4.69, 9.17) is 4.74 Å². The molecule has 0 fully saturated rings. The molecule has 0 saturated heterocycles. The van der Waals surface area contributed by atoms with Gasteiger partial charge in [-0.05, 0) is 118 Å². The second-order valence-corrected chi connectivity index (χ2v) is 15.1. The van der Waals surface area contributed by atoms with Crippen LogP contribution in [0.15, 0.2) is 48.6 Å². The fraction of sp³-hybridized carbons (Fsp3) is 0.804. The first-order chi connectivity index (χ1) is 25.0. The molecule has 0 rings (SSSR count). The van der Waals surface area contributed by atoms with Gasteiger partial charge in [0.2, 0.25) is 0 Å². The summed E-state index contributed by atoms with van der Waals surface area (Å²) in [6.07, 6.45) is 50.9. The van der Waals surface area contributed by atoms with Crippen molar-refractivity contribution in [1.82, 2.24) is 14.7 Å². The van der Waals surface area contributed by atoms with Crippen molar-refractivity contribution in [2.45, 2.75) is 181 Å². The first kappa shape index (κ1) is 49.1. The second-order valence-electron chi connectivity index (χ2n) is 15.1. The summed E-state index contributed by atoms with van der Waals surface area (Å²) in [6, 6.07) is 0. The van der Waals surface area contributed by atoms with Gasteiger partial charge in [-0.2, -0.15) is 0 Å². The highest BCUT2D eigenvalue weighted by molar-refractivity contribution is 5.67. The van der Waals surface area contributed by atoms with Gasteiger partial charge in [0.15, 0.2) is 0 Å². The van der Waals surface area contributed by atoms with E-state index < -0.39 is 0 Å². The van der Waals surface area contributed by atoms with E-state index in [1.807, 2.05) is 4.90 Å². The smallest absolute Gasteiger partial charge is 0.409 e. The lowest BCUT2D eigenvalue weighted by molar-refractivity contribution is 0.0918. The van der Waals surface area contributed by atoms with Gasteiger partial charge in [0, 0.05) is 19.6 Å². The molecule has 0 atom stereocenters. The minimum absolute atomic E-state index is 0.112. The molecule has 0 aromatic carbocycles. The van der Waals surface area contributed by atoms with E-state index in [-0.39, 0.29) is 6.09 Å². The maximum absolute atomic E-state index is 13.1. The first-order valence-corrected chi connectivity index (χ1v) is 21.9. The Kier molecular flexibility index (Phi) is 39.4. The first-order valence-electron chi connectivity index (χ1n) is 21.9. The summed E-state index contributed by atoms with van der Waals surface area (Å²) < 4.78 is 5.78. The summed E-state index contributed by atoms with van der Waals surface area (Å²) in [5.41, 5.74) is 0. The molecular formula is C46H87N3O2. The molecule has 0 radical (unpaired) electrons. The van der Waals surface area contributed by atoms with Crippen LogP contribution in [0.1, 0.15) is 181 Å². The van der Waals surface area contributed by atoms with E-state index >= 15 is 0 Å². The molecule has 0 heterocycles. The van der Waals surface area contributed by atoms with Crippen LogP contribution in [0.5, 0.6) is 0 Å². The Balaban J connectivity index is 4.21. The topological polar surface area (TPSA) is 36.0 Å². The predicted octanol–water partition coefficient (Wildman–Crippen LogP) is 13.3. The molecule has 0 unspecified atom stereocenters. The molecular weight excluding hydrogens is 627 g/mol. The normalized spacial score (nSPS) is 12.3. The van der Waals surface area contributed by atoms with Gasteiger partial charge in [-0.3, -0.25) is 0 Å². The second kappa shape index (κ2) is 40.9. The fourth-order valence-electron chi connectivity index (χ4n) is 6.20. The lowest BCUT2D eigenvalue weighted by Crippen LogP contribution is -2.35. The van der Waals surface area contributed by atoms with Gasteiger partial charge in [0.05, 0.1) is 0 Å². The molecule has 0 aromatic heterocycles. The number of hydrogen-bond donors (Lipinski definition) is 0. The summed E-state index contributed by atoms with van der Waals surface area (Å²) in [5, 5.41) is 0. The Morgan fingerprint density at radius 3 is 1.24 bits per heavy atom. The number of allylic oxidation sites excluding steroid dienone is 8. The van der Waals surface area contributed by atoms with E-state index in [0.717, 1.165) is 64.8 Å². The highest BCUT2D eigenvalue weighted by atomic mass is 16.6. The van der Waals surface area contributed by atoms with E-state index in [1.54, 1.807) is 0 Å². The van der Waals surface area contributed by atoms with Gasteiger partial charge in [0.25, 0.3) is 0 Å². The van der Waals surface area contributed by atoms with Crippen LogP contribution < -0.4 is 0 Å². The summed E-state index contributed by atoms with van der Waals surface area (Å²) in [4.78, 5) is 19.6. The van der Waals surface area contributed by atoms with Crippen molar-refractivity contribution in [2.24, 2.45) is 0 Å². The van der Waals surface area contributed by atoms with Crippen LogP contribution in [-0.2, 0) is 4.74 Å². The lowest BCUT2D eigenvalue weighted by atomic mass is 10.1. The van der Waals surface area contributed by atoms with Crippen LogP contribution in [0.3, 0.4) is 0 Å². The van der Waals surface area contributed by atoms with Crippen LogP contribution in [0, 0.1) is 0 Å². The Labute approximate surface area is 319 Å². The van der Waals surface area contributed by atoms with Crippen LogP contribution in [0.2, 0.25) is 0 Å². The molecule has 0 bridgehead atoms. The Morgan fingerprint density at radius 2 is 0.824 bits per heavy atom. The number of nitrogens with zero attached hydrogens (tertiary/aromatic N) is 3. The van der Waals surface area contributed by atoms with Crippen LogP contribution in [0.25, 0.3) is 0 Å². The zero-order chi connectivity index (χ0) is 37.3. The van der Waals surface area contributed by atoms with Crippen molar-refractivity contribution >= 4 is 6.09 Å². The molecule has 298 valence electrons. The standard InChI is InChI=1S/C46H87N3O2/c1-6-8-10-12-14-16-18-20-22-24-26-28-30-32-34-36-38-43-49(46(50)51-45-44-48(5)41-39-40-47(3)4)42-37-35-33-31-29-27-25-23-21-19-17-15-13-11-9-7-2/h14-17,20-23H,6-13,18-19,24-45H2,1-5H3/b16-14-,17-15-,22-20-,23-21-. The molecule has 0 N–H and O–H groups in total. The van der Waals surface area contributed by atoms with Gasteiger partial charge >= 0.3 is 6.09 Å². The number of hydrogen-bond acceptors (Lipinski definition) is 4. The zero-order valence-corrected chi connectivity index (χ0v) is 34.9. The van der Waals surface area contributed by atoms with E-state index in [1.165, 1.54) is 135 Å². The number of carbonyl (C=O) groups is 1. The van der Waals surface area contributed by atoms with E-state index in [9.17, 15) is 4.79 Å². The van der Waals surface area contributed by atoms with Gasteiger partial charge in [-0.15, -0.1) is 0 Å². The number of unbranched alkanes of at least 4 members (excludes halogenated alkanes) is 19. The quantitative estimate of drug-likeness (QED) is 0.0471. The molecule has 0 spiro atoms. The summed E-state index contributed by atoms with van der Waals surface area (Å²) in [5.74, 6) is 0. The minimum Gasteiger partial charge on any atom is -0.448 e. The minimum atomic E-state index is -0.112. The average molecular weight is 714 g/mol. The Bertz CT molecular complexity index is 834. The van der Waals surface area contributed by atoms with Gasteiger partial charge < -0.3 is 19.4 Å². The van der Waals surface area contributed by atoms with Crippen molar-refractivity contribution < 1.29 is 9.53 Å². The molecule has 51 heavy (non-hydrogen) atoms. The van der Waals surface area contributed by atoms with Gasteiger partial charge in [-0.1, -0.05) is 146 Å². The third-order valence-corrected chi connectivity index (χ3v) is 9.61. The number of carbonyl (C=O) groups excluding carboxylic acids is 1. The monoisotopic (exact) mass is 714 g/mol. The highest BCUT2D eigenvalue weighted by Gasteiger charge is 2.14. The number of ether oxygens (including phenoxy) is 1. The molecule has 0 aliphatic heterocycles.